The largest absolute Gasteiger partial charge is 0.494 e. The number of halogens is 3. The number of rotatable bonds is 10. The van der Waals surface area contributed by atoms with Crippen LogP contribution in [0.4, 0.5) is 24.5 Å². The summed E-state index contributed by atoms with van der Waals surface area (Å²) in [5.74, 6) is 5.46. The minimum Gasteiger partial charge on any atom is -0.494 e. The zero-order valence-corrected chi connectivity index (χ0v) is 23.4. The van der Waals surface area contributed by atoms with E-state index in [1.807, 2.05) is 6.07 Å². The number of hydrogen-bond donors (Lipinski definition) is 4. The summed E-state index contributed by atoms with van der Waals surface area (Å²) < 4.78 is 51.8. The third-order valence-corrected chi connectivity index (χ3v) is 6.97. The van der Waals surface area contributed by atoms with E-state index in [9.17, 15) is 23.1 Å². The van der Waals surface area contributed by atoms with Gasteiger partial charge in [0.2, 0.25) is 0 Å². The van der Waals surface area contributed by atoms with Gasteiger partial charge in [0.15, 0.2) is 5.69 Å². The summed E-state index contributed by atoms with van der Waals surface area (Å²) in [7, 11) is 2.67. The molecule has 1 unspecified atom stereocenters. The number of piperidine rings is 1. The average Bonchev–Trinajstić information content (AvgIpc) is 3.32. The molecule has 0 aliphatic carbocycles. The number of aromatic nitrogens is 2. The monoisotopic (exact) mass is 589 g/mol. The summed E-state index contributed by atoms with van der Waals surface area (Å²) in [4.78, 5) is 17.8. The normalized spacial score (nSPS) is 15.1. The summed E-state index contributed by atoms with van der Waals surface area (Å²) >= 11 is 0. The summed E-state index contributed by atoms with van der Waals surface area (Å²) in [5.41, 5.74) is 1.89. The Morgan fingerprint density at radius 1 is 1.21 bits per heavy atom. The second kappa shape index (κ2) is 13.8. The van der Waals surface area contributed by atoms with E-state index in [4.69, 9.17) is 9.84 Å². The molecule has 0 spiro atoms. The number of carbonyl (C=O) groups excluding carboxylic acids is 1. The fourth-order valence-corrected chi connectivity index (χ4v) is 4.93. The van der Waals surface area contributed by atoms with Gasteiger partial charge in [0.1, 0.15) is 12.3 Å². The molecule has 3 heterocycles. The number of pyridine rings is 1. The predicted molar refractivity (Wildman–Crippen MR) is 152 cm³/mol. The molecule has 42 heavy (non-hydrogen) atoms. The van der Waals surface area contributed by atoms with Gasteiger partial charge in [0.05, 0.1) is 56.6 Å². The van der Waals surface area contributed by atoms with Crippen molar-refractivity contribution in [3.05, 3.63) is 47.9 Å². The van der Waals surface area contributed by atoms with Crippen molar-refractivity contribution in [2.75, 3.05) is 57.6 Å². The number of nitrogens with one attached hydrogen (secondary N) is 2. The van der Waals surface area contributed by atoms with Crippen LogP contribution in [0.25, 0.3) is 10.9 Å². The molecule has 3 aromatic rings. The van der Waals surface area contributed by atoms with Gasteiger partial charge in [0, 0.05) is 42.8 Å². The molecule has 1 aliphatic heterocycles. The van der Waals surface area contributed by atoms with E-state index in [0.717, 1.165) is 31.6 Å². The molecule has 0 amide bonds. The van der Waals surface area contributed by atoms with Crippen molar-refractivity contribution >= 4 is 28.2 Å². The highest BCUT2D eigenvalue weighted by Crippen LogP contribution is 2.31. The Morgan fingerprint density at radius 2 is 1.98 bits per heavy atom. The van der Waals surface area contributed by atoms with Gasteiger partial charge in [-0.15, -0.1) is 0 Å². The van der Waals surface area contributed by atoms with Crippen LogP contribution in [0.1, 0.15) is 29.0 Å². The number of alkyl halides is 3. The van der Waals surface area contributed by atoms with Crippen molar-refractivity contribution in [2.24, 2.45) is 0 Å². The molecule has 0 saturated carbocycles. The minimum absolute atomic E-state index is 0.0677. The van der Waals surface area contributed by atoms with E-state index < -0.39 is 24.8 Å². The molecule has 4 rings (SSSR count). The molecule has 1 fully saturated rings. The maximum atomic E-state index is 13.6. The molecule has 1 aliphatic rings. The van der Waals surface area contributed by atoms with Crippen molar-refractivity contribution in [2.45, 2.75) is 37.7 Å². The number of hydrogen-bond acceptors (Lipinski definition) is 9. The van der Waals surface area contributed by atoms with Crippen LogP contribution in [0.3, 0.4) is 0 Å². The molecule has 10 nitrogen and oxygen atoms in total. The van der Waals surface area contributed by atoms with E-state index >= 15 is 0 Å². The zero-order chi connectivity index (χ0) is 30.3. The summed E-state index contributed by atoms with van der Waals surface area (Å²) in [6.45, 7) is 0.474. The van der Waals surface area contributed by atoms with Crippen molar-refractivity contribution < 1.29 is 37.7 Å². The number of ether oxygens (including phenoxy) is 2. The summed E-state index contributed by atoms with van der Waals surface area (Å²) in [6.07, 6.45) is -2.26. The second-order valence-corrected chi connectivity index (χ2v) is 9.94. The Balaban J connectivity index is 1.52. The molecular formula is C29H34F3N5O5. The first-order valence-corrected chi connectivity index (χ1v) is 13.4. The highest BCUT2D eigenvalue weighted by molar-refractivity contribution is 5.94. The van der Waals surface area contributed by atoms with Crippen molar-refractivity contribution in [1.82, 2.24) is 14.5 Å². The average molecular weight is 590 g/mol. The number of methoxy groups -OCH3 is 2. The van der Waals surface area contributed by atoms with Crippen LogP contribution in [-0.4, -0.2) is 96.0 Å². The molecule has 2 aromatic heterocycles. The van der Waals surface area contributed by atoms with Crippen molar-refractivity contribution in [3.8, 4) is 17.6 Å². The maximum Gasteiger partial charge on any atom is 0.406 e. The summed E-state index contributed by atoms with van der Waals surface area (Å²) in [6, 6.07) is 8.40. The van der Waals surface area contributed by atoms with Gasteiger partial charge in [0.25, 0.3) is 0 Å². The van der Waals surface area contributed by atoms with Gasteiger partial charge in [-0.05, 0) is 37.0 Å². The Labute approximate surface area is 241 Å². The lowest BCUT2D eigenvalue weighted by Gasteiger charge is -2.33. The molecule has 0 bridgehead atoms. The fraction of sp³-hybridized carbons (Fsp3) is 0.448. The molecule has 4 N–H and O–H groups in total. The Bertz CT molecular complexity index is 1440. The minimum atomic E-state index is -4.45. The van der Waals surface area contributed by atoms with Crippen LogP contribution in [0.2, 0.25) is 0 Å². The number of carbonyl (C=O) groups is 1. The number of nitrogens with zero attached hydrogens (tertiary/aromatic N) is 3. The van der Waals surface area contributed by atoms with Crippen LogP contribution in [0.15, 0.2) is 36.5 Å². The van der Waals surface area contributed by atoms with E-state index in [1.54, 1.807) is 18.2 Å². The van der Waals surface area contributed by atoms with E-state index in [2.05, 4.69) is 37.1 Å². The predicted octanol–water partition coefficient (Wildman–Crippen LogP) is 3.09. The first-order chi connectivity index (χ1) is 20.1. The number of likely N-dealkylation sites (tertiary alicyclic amines) is 1. The Hall–Kier alpha value is -3.99. The van der Waals surface area contributed by atoms with E-state index in [-0.39, 0.29) is 30.6 Å². The lowest BCUT2D eigenvalue weighted by Crippen LogP contribution is -2.43. The van der Waals surface area contributed by atoms with Gasteiger partial charge < -0.3 is 39.8 Å². The van der Waals surface area contributed by atoms with E-state index in [0.29, 0.717) is 28.9 Å². The number of esters is 1. The molecule has 0 radical (unpaired) electrons. The molecule has 1 aromatic carbocycles. The van der Waals surface area contributed by atoms with Gasteiger partial charge in [-0.1, -0.05) is 12.0 Å². The third-order valence-electron chi connectivity index (χ3n) is 6.97. The highest BCUT2D eigenvalue weighted by atomic mass is 19.4. The Morgan fingerprint density at radius 3 is 2.64 bits per heavy atom. The SMILES string of the molecule is COC(=O)c1cc(OC)c(NCC#Cc2cc3c(NC4CCN(CC(O)CO)CC4)cccc3n2CC(F)(F)F)cn1. The second-order valence-electron chi connectivity index (χ2n) is 9.94. The Kier molecular flexibility index (Phi) is 10.2. The lowest BCUT2D eigenvalue weighted by molar-refractivity contribution is -0.140. The van der Waals surface area contributed by atoms with Gasteiger partial charge in [-0.2, -0.15) is 13.2 Å². The van der Waals surface area contributed by atoms with E-state index in [1.165, 1.54) is 31.0 Å². The highest BCUT2D eigenvalue weighted by Gasteiger charge is 2.30. The molecular weight excluding hydrogens is 555 g/mol. The molecule has 13 heteroatoms. The number of β-amino-alcohol motifs (C(OH)–C–C–N with tert-alkyl or cyclic N) is 1. The van der Waals surface area contributed by atoms with Crippen LogP contribution in [0, 0.1) is 11.8 Å². The van der Waals surface area contributed by atoms with Crippen molar-refractivity contribution in [3.63, 3.8) is 0 Å². The smallest absolute Gasteiger partial charge is 0.406 e. The number of aliphatic hydroxyl groups is 2. The van der Waals surface area contributed by atoms with Crippen molar-refractivity contribution in [1.29, 1.82) is 0 Å². The van der Waals surface area contributed by atoms with Crippen LogP contribution < -0.4 is 15.4 Å². The fourth-order valence-electron chi connectivity index (χ4n) is 4.93. The van der Waals surface area contributed by atoms with Gasteiger partial charge >= 0.3 is 12.1 Å². The number of fused-ring (bicyclic) bond motifs is 1. The molecule has 1 atom stereocenters. The molecule has 226 valence electrons. The number of anilines is 2. The topological polar surface area (TPSA) is 121 Å². The van der Waals surface area contributed by atoms with Crippen LogP contribution in [0.5, 0.6) is 5.75 Å². The number of benzene rings is 1. The lowest BCUT2D eigenvalue weighted by atomic mass is 10.0. The quantitative estimate of drug-likeness (QED) is 0.209. The van der Waals surface area contributed by atoms with Gasteiger partial charge in [-0.25, -0.2) is 9.78 Å². The first-order valence-electron chi connectivity index (χ1n) is 13.4. The summed E-state index contributed by atoms with van der Waals surface area (Å²) in [5, 5.41) is 25.9. The molecule has 1 saturated heterocycles. The third kappa shape index (κ3) is 7.84. The maximum absolute atomic E-state index is 13.6. The first kappa shape index (κ1) is 31.0. The van der Waals surface area contributed by atoms with Crippen LogP contribution >= 0.6 is 0 Å². The van der Waals surface area contributed by atoms with Crippen LogP contribution in [-0.2, 0) is 11.3 Å². The number of aliphatic hydroxyl groups excluding tert-OH is 2. The standard InChI is InChI=1S/C29H34F3N5O5/c1-41-27-14-24(28(40)42-2)34-15-25(27)33-10-4-5-20-13-22-23(6-3-7-26(22)37(20)18-29(30,31)32)35-19-8-11-36(12-9-19)16-21(39)17-38/h3,6-7,13-15,19,21,33,35,38-39H,8-12,16-18H2,1-2H3. The zero-order valence-electron chi connectivity index (χ0n) is 23.4. The van der Waals surface area contributed by atoms with Gasteiger partial charge in [-0.3, -0.25) is 0 Å².